The molecule has 4 amide bonds. The van der Waals surface area contributed by atoms with Crippen LogP contribution in [-0.2, 0) is 62.6 Å². The van der Waals surface area contributed by atoms with E-state index in [4.69, 9.17) is 26.0 Å². The molecule has 0 unspecified atom stereocenters. The van der Waals surface area contributed by atoms with E-state index in [0.29, 0.717) is 113 Å². The van der Waals surface area contributed by atoms with E-state index in [-0.39, 0.29) is 106 Å². The summed E-state index contributed by atoms with van der Waals surface area (Å²) in [4.78, 5) is 90.4. The number of esters is 2. The van der Waals surface area contributed by atoms with Gasteiger partial charge in [0.05, 0.1) is 0 Å². The molecule has 17 nitrogen and oxygen atoms in total. The van der Waals surface area contributed by atoms with E-state index in [1.54, 1.807) is 0 Å². The number of carbonyl (C=O) groups excluding carboxylic acids is 6. The van der Waals surface area contributed by atoms with Crippen molar-refractivity contribution in [1.82, 2.24) is 21.3 Å². The number of carboxylic acid groups (broad SMARTS) is 1. The van der Waals surface area contributed by atoms with Gasteiger partial charge in [0.2, 0.25) is 0 Å². The fourth-order valence-electron chi connectivity index (χ4n) is 10.1. The number of hydrogen-bond donors (Lipinski definition) is 7. The Balaban J connectivity index is 0.000000167. The Kier molecular flexibility index (Phi) is 28.4. The molecule has 502 valence electrons. The van der Waals surface area contributed by atoms with Crippen molar-refractivity contribution in [1.29, 1.82) is 0 Å². The van der Waals surface area contributed by atoms with Crippen molar-refractivity contribution in [3.8, 4) is 64.4 Å². The number of benzene rings is 2. The third kappa shape index (κ3) is 21.3. The van der Waals surface area contributed by atoms with Gasteiger partial charge in [-0.2, -0.15) is 0 Å². The Morgan fingerprint density at radius 3 is 1.14 bits per heavy atom. The van der Waals surface area contributed by atoms with Gasteiger partial charge in [0, 0.05) is 0 Å². The number of nitrogens with one attached hydrogen (secondary N) is 4. The fraction of sp³-hybridized carbons (Fsp3) is 0.225. The number of rotatable bonds is 27. The maximum atomic E-state index is 12.8. The fourth-order valence-corrected chi connectivity index (χ4v) is 30.6. The predicted molar refractivity (Wildman–Crippen MR) is 387 cm³/mol. The van der Waals surface area contributed by atoms with Crippen LogP contribution in [0.5, 0.6) is 0 Å². The molecule has 0 saturated carbocycles. The summed E-state index contributed by atoms with van der Waals surface area (Å²) < 4.78 is 36.2. The number of carboxylic acids is 1. The molecule has 2 aromatic carbocycles. The predicted octanol–water partition coefficient (Wildman–Crippen LogP) is 6.76. The summed E-state index contributed by atoms with van der Waals surface area (Å²) in [5, 5.41) is 20.1. The normalized spacial score (nSPS) is 12.3. The van der Waals surface area contributed by atoms with Crippen LogP contribution in [0.3, 0.4) is 0 Å². The van der Waals surface area contributed by atoms with Crippen LogP contribution in [0.1, 0.15) is 68.9 Å². The molecular formula is C71H68N6O11Se9. The summed E-state index contributed by atoms with van der Waals surface area (Å²) in [6, 6.07) is 53.1. The van der Waals surface area contributed by atoms with Gasteiger partial charge < -0.3 is 0 Å². The first-order valence-corrected chi connectivity index (χ1v) is 46.4. The third-order valence-corrected chi connectivity index (χ3v) is 39.1. The van der Waals surface area contributed by atoms with Crippen LogP contribution in [0.4, 0.5) is 4.79 Å². The summed E-state index contributed by atoms with van der Waals surface area (Å²) in [6.45, 7) is 1.69. The number of ether oxygens (including phenoxy) is 3. The Bertz CT molecular complexity index is 4360. The van der Waals surface area contributed by atoms with Crippen LogP contribution in [0, 0.1) is 0 Å². The Morgan fingerprint density at radius 1 is 0.423 bits per heavy atom. The van der Waals surface area contributed by atoms with Crippen LogP contribution in [-0.4, -0.2) is 216 Å². The summed E-state index contributed by atoms with van der Waals surface area (Å²) in [5.74, 6) is -2.69. The van der Waals surface area contributed by atoms with E-state index in [0.717, 1.165) is 22.3 Å². The number of fused-ring (bicyclic) bond motifs is 3. The number of hydrogen-bond acceptors (Lipinski definition) is 12. The van der Waals surface area contributed by atoms with Gasteiger partial charge in [-0.25, -0.2) is 0 Å². The molecule has 0 spiro atoms. The minimum atomic E-state index is -1.07. The first-order valence-electron chi connectivity index (χ1n) is 30.6. The van der Waals surface area contributed by atoms with Gasteiger partial charge in [-0.15, -0.1) is 0 Å². The minimum absolute atomic E-state index is 0.0659. The van der Waals surface area contributed by atoms with E-state index in [1.807, 2.05) is 36.4 Å². The molecule has 11 aromatic rings. The molecular weight excluding hydrogens is 1820 g/mol. The van der Waals surface area contributed by atoms with Crippen molar-refractivity contribution in [2.75, 3.05) is 20.8 Å². The number of aliphatic carboxylic acids is 1. The first kappa shape index (κ1) is 74.1. The Morgan fingerprint density at radius 2 is 0.773 bits per heavy atom. The molecule has 97 heavy (non-hydrogen) atoms. The van der Waals surface area contributed by atoms with Gasteiger partial charge in [0.1, 0.15) is 0 Å². The van der Waals surface area contributed by atoms with Crippen molar-refractivity contribution >= 4 is 172 Å². The van der Waals surface area contributed by atoms with Crippen LogP contribution in [0.2, 0.25) is 0 Å². The summed E-state index contributed by atoms with van der Waals surface area (Å²) in [5.41, 5.74) is 15.5. The Labute approximate surface area is 615 Å². The zero-order chi connectivity index (χ0) is 68.2. The van der Waals surface area contributed by atoms with Crippen LogP contribution < -0.4 is 32.7 Å². The van der Waals surface area contributed by atoms with E-state index in [2.05, 4.69) is 162 Å². The van der Waals surface area contributed by atoms with Gasteiger partial charge in [0.25, 0.3) is 0 Å². The summed E-state index contributed by atoms with van der Waals surface area (Å²) >= 11 is 3.24. The van der Waals surface area contributed by atoms with Crippen LogP contribution >= 0.6 is 0 Å². The molecule has 0 aliphatic heterocycles. The molecule has 3 atom stereocenters. The van der Waals surface area contributed by atoms with E-state index in [9.17, 15) is 33.6 Å². The van der Waals surface area contributed by atoms with Gasteiger partial charge in [-0.1, -0.05) is 48.5 Å². The quantitative estimate of drug-likeness (QED) is 0.0160. The molecule has 0 saturated heterocycles. The number of nitrogens with two attached hydrogens (primary N) is 2. The summed E-state index contributed by atoms with van der Waals surface area (Å²) in [7, 11) is 2.56. The second kappa shape index (κ2) is 37.2. The number of alkyl carbamates (subject to hydrolysis) is 1. The molecule has 9 aromatic heterocycles. The van der Waals surface area contributed by atoms with E-state index < -0.39 is 42.1 Å². The monoisotopic (exact) mass is 1900 g/mol. The van der Waals surface area contributed by atoms with Gasteiger partial charge in [0.15, 0.2) is 0 Å². The van der Waals surface area contributed by atoms with Crippen molar-refractivity contribution in [3.63, 3.8) is 0 Å². The SMILES string of the molecule is COC(=O)[C@@H](N)CCC(=O)NCc1ccc(-c2ccc(-c3ccc[se]3)[se]2)[se]1.COC(=O)[C@H](CCC(=O)NCc1ccc(-c2ccc(-c3ccc[se]3)[se]2)[se]1)NC(=O)OCC1c2ccccc2-c2ccccc21.N[C@@H](CCC(=O)NCc1ccc(-c2ccc(-c3ccc[se]3)[se]2)[se]1)C(=O)O. The number of methoxy groups -OCH3 is 2. The molecule has 9 N–H and O–H groups in total. The summed E-state index contributed by atoms with van der Waals surface area (Å²) in [6.07, 6.45) is 0.266. The average Bonchev–Trinajstić information content (AvgIpc) is 1.62. The van der Waals surface area contributed by atoms with Crippen molar-refractivity contribution in [2.24, 2.45) is 11.5 Å². The maximum absolute atomic E-state index is 12.8. The molecule has 1 aliphatic carbocycles. The number of carbonyl (C=O) groups is 7. The van der Waals surface area contributed by atoms with Crippen LogP contribution in [0.25, 0.3) is 64.4 Å². The van der Waals surface area contributed by atoms with E-state index in [1.165, 1.54) is 80.8 Å². The molecule has 1 aliphatic rings. The molecule has 26 heteroatoms. The van der Waals surface area contributed by atoms with Crippen molar-refractivity contribution in [3.05, 3.63) is 197 Å². The first-order chi connectivity index (χ1) is 47.1. The third-order valence-electron chi connectivity index (χ3n) is 15.2. The zero-order valence-corrected chi connectivity index (χ0v) is 67.9. The standard InChI is InChI=1S/C34H30N2O5Se3.C19H20N2O3Se3.C18H18N2O3Se3/c1-40-33(38)27(36-34(39)41-20-26-24-9-4-2-7-22(24)23-8-3-5-10-25(23)26)13-17-32(37)35-19-21-12-14-30(43-21)31-16-15-29(44-31)28-11-6-18-42-28;1-24-19(23)13(20)5-9-18(22)21-11-12-4-6-16(26-12)17-8-7-15(27-17)14-3-2-10-25-14;19-12(18(22)23)4-8-17(21)20-10-11-3-5-15(25-11)16-7-6-14(26-16)13-2-1-9-24-13/h2-12,14-16,18,26-27H,13,17,19-20H2,1H3,(H,35,37)(H,36,39);2-4,6-8,10,13H,5,9,11,20H2,1H3,(H,21,22);1-3,5-7,9,12H,4,8,10,19H2,(H,20,21)(H,22,23)/t27-;13-;12-/m000/s1. The molecule has 12 rings (SSSR count). The van der Waals surface area contributed by atoms with Gasteiger partial charge in [-0.3, -0.25) is 0 Å². The van der Waals surface area contributed by atoms with Crippen molar-refractivity contribution < 1.29 is 52.9 Å². The molecule has 0 radical (unpaired) electrons. The Hall–Kier alpha value is -5.55. The van der Waals surface area contributed by atoms with Gasteiger partial charge in [-0.05, 0) is 22.3 Å². The van der Waals surface area contributed by atoms with Crippen molar-refractivity contribution in [2.45, 2.75) is 82.2 Å². The van der Waals surface area contributed by atoms with Crippen LogP contribution in [0.15, 0.2) is 173 Å². The second-order valence-corrected chi connectivity index (χ2v) is 41.9. The molecule has 0 bridgehead atoms. The molecule has 9 heterocycles. The van der Waals surface area contributed by atoms with E-state index >= 15 is 0 Å². The average molecular weight is 1890 g/mol. The second-order valence-electron chi connectivity index (χ2n) is 21.8. The van der Waals surface area contributed by atoms with Gasteiger partial charge >= 0.3 is 551 Å². The topological polar surface area (TPSA) is 268 Å². The molecule has 0 fully saturated rings. The zero-order valence-electron chi connectivity index (χ0n) is 52.5. The number of amides is 4.